The van der Waals surface area contributed by atoms with Crippen molar-refractivity contribution in [2.75, 3.05) is 0 Å². The molecule has 0 unspecified atom stereocenters. The van der Waals surface area contributed by atoms with Crippen LogP contribution in [-0.4, -0.2) is 42.6 Å². The van der Waals surface area contributed by atoms with Gasteiger partial charge in [-0.25, -0.2) is 9.59 Å². The van der Waals surface area contributed by atoms with Gasteiger partial charge in [0.25, 0.3) is 0 Å². The Hall–Kier alpha value is -4.14. The number of aliphatic hydroxyl groups excluding tert-OH is 1. The van der Waals surface area contributed by atoms with Gasteiger partial charge in [0, 0.05) is 5.56 Å². The van der Waals surface area contributed by atoms with Crippen LogP contribution in [-0.2, 0) is 14.3 Å². The van der Waals surface area contributed by atoms with Crippen LogP contribution in [0.3, 0.4) is 0 Å². The summed E-state index contributed by atoms with van der Waals surface area (Å²) in [5, 5.41) is 57.8. The van der Waals surface area contributed by atoms with Gasteiger partial charge in [-0.15, -0.1) is 0 Å². The number of esters is 1. The second kappa shape index (κ2) is 6.30. The van der Waals surface area contributed by atoms with Crippen molar-refractivity contribution in [2.24, 2.45) is 0 Å². The fourth-order valence-electron chi connectivity index (χ4n) is 2.55. The van der Waals surface area contributed by atoms with E-state index in [9.17, 15) is 40.2 Å². The third-order valence-electron chi connectivity index (χ3n) is 3.81. The molecule has 138 valence electrons. The molecule has 0 atom stereocenters. The molecular formula is C18H12O9. The molecule has 9 nitrogen and oxygen atoms in total. The quantitative estimate of drug-likeness (QED) is 0.268. The zero-order valence-corrected chi connectivity index (χ0v) is 13.4. The maximum absolute atomic E-state index is 12.2. The highest BCUT2D eigenvalue weighted by Crippen LogP contribution is 2.41. The number of cyclic esters (lactones) is 1. The smallest absolute Gasteiger partial charge is 0.348 e. The van der Waals surface area contributed by atoms with Crippen molar-refractivity contribution < 1.29 is 45.0 Å². The normalized spacial score (nSPS) is 15.6. The second-order valence-corrected chi connectivity index (χ2v) is 5.53. The van der Waals surface area contributed by atoms with E-state index in [-0.39, 0.29) is 22.4 Å². The number of carboxylic acid groups (broad SMARTS) is 1. The van der Waals surface area contributed by atoms with E-state index in [1.165, 1.54) is 24.3 Å². The summed E-state index contributed by atoms with van der Waals surface area (Å²) in [6, 6.07) is 6.82. The molecule has 1 heterocycles. The molecule has 0 bridgehead atoms. The molecule has 0 aromatic heterocycles. The average molecular weight is 372 g/mol. The number of ether oxygens (including phenoxy) is 1. The number of phenols is 4. The molecule has 0 fully saturated rings. The zero-order chi connectivity index (χ0) is 19.9. The van der Waals surface area contributed by atoms with E-state index in [4.69, 9.17) is 4.74 Å². The first kappa shape index (κ1) is 17.7. The molecule has 0 saturated heterocycles. The van der Waals surface area contributed by atoms with Crippen LogP contribution in [0.2, 0.25) is 0 Å². The van der Waals surface area contributed by atoms with E-state index in [0.717, 1.165) is 12.1 Å². The molecule has 1 aliphatic heterocycles. The lowest BCUT2D eigenvalue weighted by Gasteiger charge is -2.09. The summed E-state index contributed by atoms with van der Waals surface area (Å²) in [6.07, 6.45) is 0. The SMILES string of the molecule is O=C1O/C(=C(/C(=O)O)c2cc(O)c(O)c(O)c2)C(O)=C1c1ccc(O)cc1. The number of rotatable bonds is 3. The van der Waals surface area contributed by atoms with E-state index in [2.05, 4.69) is 0 Å². The first-order valence-electron chi connectivity index (χ1n) is 7.38. The third-order valence-corrected chi connectivity index (χ3v) is 3.81. The lowest BCUT2D eigenvalue weighted by atomic mass is 10.0. The van der Waals surface area contributed by atoms with Crippen LogP contribution in [0.5, 0.6) is 23.0 Å². The van der Waals surface area contributed by atoms with Crippen molar-refractivity contribution in [3.05, 3.63) is 59.0 Å². The lowest BCUT2D eigenvalue weighted by Crippen LogP contribution is -2.06. The molecule has 9 heteroatoms. The van der Waals surface area contributed by atoms with Crippen LogP contribution in [0, 0.1) is 0 Å². The van der Waals surface area contributed by atoms with Gasteiger partial charge in [-0.3, -0.25) is 0 Å². The number of aliphatic carboxylic acids is 1. The Kier molecular flexibility index (Phi) is 4.12. The number of benzene rings is 2. The summed E-state index contributed by atoms with van der Waals surface area (Å²) in [6.45, 7) is 0. The van der Waals surface area contributed by atoms with Gasteiger partial charge in [0.1, 0.15) is 16.9 Å². The van der Waals surface area contributed by atoms with Crippen molar-refractivity contribution >= 4 is 23.1 Å². The van der Waals surface area contributed by atoms with Gasteiger partial charge in [-0.1, -0.05) is 12.1 Å². The highest BCUT2D eigenvalue weighted by Gasteiger charge is 2.36. The molecule has 0 radical (unpaired) electrons. The van der Waals surface area contributed by atoms with Crippen LogP contribution >= 0.6 is 0 Å². The summed E-state index contributed by atoms with van der Waals surface area (Å²) in [5.41, 5.74) is -1.20. The van der Waals surface area contributed by atoms with Crippen LogP contribution in [0.15, 0.2) is 47.9 Å². The highest BCUT2D eigenvalue weighted by atomic mass is 16.6. The first-order valence-corrected chi connectivity index (χ1v) is 7.38. The summed E-state index contributed by atoms with van der Waals surface area (Å²) in [5.74, 6) is -6.68. The minimum absolute atomic E-state index is 0.0813. The zero-order valence-electron chi connectivity index (χ0n) is 13.4. The average Bonchev–Trinajstić information content (AvgIpc) is 2.88. The van der Waals surface area contributed by atoms with Crippen LogP contribution in [0.4, 0.5) is 0 Å². The van der Waals surface area contributed by atoms with Gasteiger partial charge in [0.05, 0.1) is 0 Å². The molecule has 0 aliphatic carbocycles. The number of phenolic OH excluding ortho intramolecular Hbond substituents is 4. The third kappa shape index (κ3) is 2.97. The summed E-state index contributed by atoms with van der Waals surface area (Å²) in [7, 11) is 0. The molecule has 6 N–H and O–H groups in total. The van der Waals surface area contributed by atoms with Crippen molar-refractivity contribution in [2.45, 2.75) is 0 Å². The molecule has 3 rings (SSSR count). The van der Waals surface area contributed by atoms with Crippen LogP contribution in [0.1, 0.15) is 11.1 Å². The topological polar surface area (TPSA) is 165 Å². The number of aromatic hydroxyl groups is 4. The molecule has 1 aliphatic rings. The van der Waals surface area contributed by atoms with E-state index in [0.29, 0.717) is 0 Å². The highest BCUT2D eigenvalue weighted by molar-refractivity contribution is 6.25. The second-order valence-electron chi connectivity index (χ2n) is 5.53. The van der Waals surface area contributed by atoms with E-state index < -0.39 is 46.3 Å². The molecule has 27 heavy (non-hydrogen) atoms. The van der Waals surface area contributed by atoms with Crippen molar-refractivity contribution in [1.29, 1.82) is 0 Å². The minimum Gasteiger partial charge on any atom is -0.508 e. The van der Waals surface area contributed by atoms with E-state index in [1.807, 2.05) is 0 Å². The number of aliphatic hydroxyl groups is 1. The molecular weight excluding hydrogens is 360 g/mol. The van der Waals surface area contributed by atoms with Gasteiger partial charge in [0.2, 0.25) is 0 Å². The minimum atomic E-state index is -1.62. The number of hydrogen-bond donors (Lipinski definition) is 6. The number of carboxylic acids is 1. The van der Waals surface area contributed by atoms with Gasteiger partial charge in [0.15, 0.2) is 28.8 Å². The summed E-state index contributed by atoms with van der Waals surface area (Å²) in [4.78, 5) is 23.9. The molecule has 2 aromatic carbocycles. The van der Waals surface area contributed by atoms with Crippen LogP contribution in [0.25, 0.3) is 11.1 Å². The molecule has 2 aromatic rings. The lowest BCUT2D eigenvalue weighted by molar-refractivity contribution is -0.131. The van der Waals surface area contributed by atoms with Gasteiger partial charge in [-0.2, -0.15) is 0 Å². The van der Waals surface area contributed by atoms with Crippen molar-refractivity contribution in [3.63, 3.8) is 0 Å². The Bertz CT molecular complexity index is 1010. The largest absolute Gasteiger partial charge is 0.508 e. The summed E-state index contributed by atoms with van der Waals surface area (Å²) < 4.78 is 4.91. The van der Waals surface area contributed by atoms with Gasteiger partial charge in [-0.05, 0) is 29.8 Å². The predicted octanol–water partition coefficient (Wildman–Crippen LogP) is 1.83. The van der Waals surface area contributed by atoms with Gasteiger partial charge >= 0.3 is 11.9 Å². The van der Waals surface area contributed by atoms with Crippen molar-refractivity contribution in [3.8, 4) is 23.0 Å². The fraction of sp³-hybridized carbons (Fsp3) is 0. The Labute approximate surface area is 150 Å². The Morgan fingerprint density at radius 1 is 0.889 bits per heavy atom. The molecule has 0 spiro atoms. The fourth-order valence-corrected chi connectivity index (χ4v) is 2.55. The Morgan fingerprint density at radius 2 is 1.44 bits per heavy atom. The van der Waals surface area contributed by atoms with E-state index in [1.54, 1.807) is 0 Å². The number of carbonyl (C=O) groups is 2. The van der Waals surface area contributed by atoms with Gasteiger partial charge < -0.3 is 35.4 Å². The van der Waals surface area contributed by atoms with E-state index >= 15 is 0 Å². The number of hydrogen-bond acceptors (Lipinski definition) is 8. The summed E-state index contributed by atoms with van der Waals surface area (Å²) >= 11 is 0. The standard InChI is InChI=1S/C18H12O9/c19-9-3-1-7(2-4-9)12-15(23)16(27-18(12)26)13(17(24)25)8-5-10(20)14(22)11(21)6-8/h1-6,19-23H,(H,24,25)/b16-13+. The predicted molar refractivity (Wildman–Crippen MR) is 89.7 cm³/mol. The molecule has 0 saturated carbocycles. The maximum Gasteiger partial charge on any atom is 0.348 e. The first-order chi connectivity index (χ1) is 12.7. The van der Waals surface area contributed by atoms with Crippen molar-refractivity contribution in [1.82, 2.24) is 0 Å². The Balaban J connectivity index is 2.24. The molecule has 0 amide bonds. The van der Waals surface area contributed by atoms with Crippen LogP contribution < -0.4 is 0 Å². The Morgan fingerprint density at radius 3 is 1.96 bits per heavy atom. The number of carbonyl (C=O) groups excluding carboxylic acids is 1. The monoisotopic (exact) mass is 372 g/mol. The maximum atomic E-state index is 12.2.